The zero-order valence-corrected chi connectivity index (χ0v) is 17.1. The summed E-state index contributed by atoms with van der Waals surface area (Å²) in [6, 6.07) is 11.9. The maximum Gasteiger partial charge on any atom is 0.341 e. The first-order valence-electron chi connectivity index (χ1n) is 9.85. The highest BCUT2D eigenvalue weighted by molar-refractivity contribution is 5.93. The Morgan fingerprint density at radius 2 is 1.70 bits per heavy atom. The summed E-state index contributed by atoms with van der Waals surface area (Å²) in [6.45, 7) is 0.253. The molecular weight excluding hydrogens is 391 g/mol. The van der Waals surface area contributed by atoms with E-state index in [1.54, 1.807) is 0 Å². The third kappa shape index (κ3) is 5.28. The molecule has 2 aromatic carbocycles. The molecule has 0 unspecified atom stereocenters. The number of carbonyl (C=O) groups is 2. The highest BCUT2D eigenvalue weighted by Crippen LogP contribution is 2.33. The second kappa shape index (κ2) is 10.1. The van der Waals surface area contributed by atoms with Crippen LogP contribution in [-0.2, 0) is 20.9 Å². The van der Waals surface area contributed by atoms with Gasteiger partial charge >= 0.3 is 11.9 Å². The third-order valence-electron chi connectivity index (χ3n) is 5.18. The van der Waals surface area contributed by atoms with E-state index in [1.165, 1.54) is 20.3 Å². The van der Waals surface area contributed by atoms with Gasteiger partial charge in [-0.25, -0.2) is 9.18 Å². The molecule has 0 aliphatic heterocycles. The molecule has 0 bridgehead atoms. The molecule has 0 saturated heterocycles. The summed E-state index contributed by atoms with van der Waals surface area (Å²) >= 11 is 0. The third-order valence-corrected chi connectivity index (χ3v) is 5.18. The Morgan fingerprint density at radius 1 is 1.00 bits per heavy atom. The van der Waals surface area contributed by atoms with Crippen LogP contribution in [0.15, 0.2) is 42.5 Å². The van der Waals surface area contributed by atoms with Crippen LogP contribution >= 0.6 is 0 Å². The molecule has 30 heavy (non-hydrogen) atoms. The molecule has 1 aliphatic rings. The lowest BCUT2D eigenvalue weighted by Crippen LogP contribution is -2.29. The van der Waals surface area contributed by atoms with Gasteiger partial charge < -0.3 is 18.9 Å². The predicted molar refractivity (Wildman–Crippen MR) is 107 cm³/mol. The molecule has 7 heteroatoms. The maximum absolute atomic E-state index is 14.4. The monoisotopic (exact) mass is 416 g/mol. The molecule has 1 saturated carbocycles. The van der Waals surface area contributed by atoms with Crippen molar-refractivity contribution in [2.24, 2.45) is 5.92 Å². The lowest BCUT2D eigenvalue weighted by molar-refractivity contribution is -0.151. The fourth-order valence-corrected chi connectivity index (χ4v) is 3.51. The second-order valence-electron chi connectivity index (χ2n) is 7.16. The van der Waals surface area contributed by atoms with E-state index in [9.17, 15) is 14.0 Å². The Morgan fingerprint density at radius 3 is 2.33 bits per heavy atom. The molecule has 0 amide bonds. The Bertz CT molecular complexity index is 875. The molecule has 1 fully saturated rings. The van der Waals surface area contributed by atoms with Gasteiger partial charge in [0.15, 0.2) is 11.6 Å². The number of benzene rings is 2. The van der Waals surface area contributed by atoms with E-state index in [4.69, 9.17) is 18.9 Å². The van der Waals surface area contributed by atoms with Gasteiger partial charge in [-0.15, -0.1) is 0 Å². The van der Waals surface area contributed by atoms with Gasteiger partial charge in [-0.1, -0.05) is 30.3 Å². The summed E-state index contributed by atoms with van der Waals surface area (Å²) in [7, 11) is 2.59. The Balaban J connectivity index is 1.55. The van der Waals surface area contributed by atoms with Gasteiger partial charge in [0, 0.05) is 12.1 Å². The van der Waals surface area contributed by atoms with Gasteiger partial charge in [0.25, 0.3) is 0 Å². The van der Waals surface area contributed by atoms with Crippen molar-refractivity contribution in [3.63, 3.8) is 0 Å². The van der Waals surface area contributed by atoms with E-state index < -0.39 is 11.8 Å². The van der Waals surface area contributed by atoms with Crippen LogP contribution in [0, 0.1) is 11.7 Å². The van der Waals surface area contributed by atoms with Crippen molar-refractivity contribution < 1.29 is 32.9 Å². The Labute approximate surface area is 174 Å². The summed E-state index contributed by atoms with van der Waals surface area (Å²) in [4.78, 5) is 24.2. The highest BCUT2D eigenvalue weighted by Gasteiger charge is 2.29. The standard InChI is InChI=1S/C23H25FO6/c1-27-20-13-19(24)21(12-18(20)23(26)28-2)30-17-10-8-16(9-11-17)22(25)29-14-15-6-4-3-5-7-15/h3-7,12-13,16-17H,8-11,14H2,1-2H3. The maximum atomic E-state index is 14.4. The quantitative estimate of drug-likeness (QED) is 0.627. The molecule has 0 spiro atoms. The number of rotatable bonds is 7. The average molecular weight is 416 g/mol. The summed E-state index contributed by atoms with van der Waals surface area (Å²) < 4.78 is 35.3. The van der Waals surface area contributed by atoms with Crippen LogP contribution in [0.25, 0.3) is 0 Å². The normalized spacial score (nSPS) is 18.4. The van der Waals surface area contributed by atoms with Crippen LogP contribution in [0.4, 0.5) is 4.39 Å². The number of methoxy groups -OCH3 is 2. The number of esters is 2. The SMILES string of the molecule is COC(=O)c1cc(OC2CCC(C(=O)OCc3ccccc3)CC2)c(F)cc1OC. The van der Waals surface area contributed by atoms with Crippen molar-refractivity contribution in [1.29, 1.82) is 0 Å². The Kier molecular flexibility index (Phi) is 7.27. The first kappa shape index (κ1) is 21.6. The fourth-order valence-electron chi connectivity index (χ4n) is 3.51. The van der Waals surface area contributed by atoms with Crippen molar-refractivity contribution in [2.75, 3.05) is 14.2 Å². The molecule has 0 radical (unpaired) electrons. The summed E-state index contributed by atoms with van der Waals surface area (Å²) in [6.07, 6.45) is 2.12. The van der Waals surface area contributed by atoms with Gasteiger partial charge in [-0.2, -0.15) is 0 Å². The van der Waals surface area contributed by atoms with Gasteiger partial charge in [-0.05, 0) is 31.2 Å². The van der Waals surface area contributed by atoms with E-state index in [-0.39, 0.29) is 41.7 Å². The number of halogens is 1. The van der Waals surface area contributed by atoms with Gasteiger partial charge in [-0.3, -0.25) is 4.79 Å². The topological polar surface area (TPSA) is 71.1 Å². The van der Waals surface area contributed by atoms with E-state index in [1.807, 2.05) is 30.3 Å². The fraction of sp³-hybridized carbons (Fsp3) is 0.391. The van der Waals surface area contributed by atoms with Crippen LogP contribution in [0.5, 0.6) is 11.5 Å². The molecule has 1 aliphatic carbocycles. The molecule has 0 aromatic heterocycles. The number of ether oxygens (including phenoxy) is 4. The first-order valence-corrected chi connectivity index (χ1v) is 9.85. The molecule has 2 aromatic rings. The van der Waals surface area contributed by atoms with E-state index >= 15 is 0 Å². The minimum Gasteiger partial charge on any atom is -0.496 e. The molecular formula is C23H25FO6. The van der Waals surface area contributed by atoms with E-state index in [2.05, 4.69) is 0 Å². The smallest absolute Gasteiger partial charge is 0.341 e. The second-order valence-corrected chi connectivity index (χ2v) is 7.16. The van der Waals surface area contributed by atoms with Crippen molar-refractivity contribution in [3.05, 3.63) is 59.4 Å². The van der Waals surface area contributed by atoms with Crippen molar-refractivity contribution in [1.82, 2.24) is 0 Å². The minimum absolute atomic E-state index is 0.0358. The van der Waals surface area contributed by atoms with Crippen LogP contribution in [0.3, 0.4) is 0 Å². The number of hydrogen-bond donors (Lipinski definition) is 0. The lowest BCUT2D eigenvalue weighted by atomic mass is 9.87. The number of hydrogen-bond acceptors (Lipinski definition) is 6. The van der Waals surface area contributed by atoms with Gasteiger partial charge in [0.2, 0.25) is 0 Å². The van der Waals surface area contributed by atoms with Crippen LogP contribution < -0.4 is 9.47 Å². The Hall–Kier alpha value is -3.09. The van der Waals surface area contributed by atoms with Crippen molar-refractivity contribution in [2.45, 2.75) is 38.4 Å². The van der Waals surface area contributed by atoms with E-state index in [0.29, 0.717) is 25.7 Å². The first-order chi connectivity index (χ1) is 14.5. The molecule has 3 rings (SSSR count). The van der Waals surface area contributed by atoms with Crippen molar-refractivity contribution >= 4 is 11.9 Å². The average Bonchev–Trinajstić information content (AvgIpc) is 2.79. The molecule has 0 N–H and O–H groups in total. The number of carbonyl (C=O) groups excluding carboxylic acids is 2. The van der Waals surface area contributed by atoms with Crippen LogP contribution in [0.1, 0.15) is 41.6 Å². The lowest BCUT2D eigenvalue weighted by Gasteiger charge is -2.28. The van der Waals surface area contributed by atoms with Gasteiger partial charge in [0.05, 0.1) is 26.2 Å². The van der Waals surface area contributed by atoms with Crippen LogP contribution in [0.2, 0.25) is 0 Å². The van der Waals surface area contributed by atoms with Crippen molar-refractivity contribution in [3.8, 4) is 11.5 Å². The van der Waals surface area contributed by atoms with Crippen LogP contribution in [-0.4, -0.2) is 32.3 Å². The minimum atomic E-state index is -0.637. The zero-order valence-electron chi connectivity index (χ0n) is 17.1. The zero-order chi connectivity index (χ0) is 21.5. The summed E-state index contributed by atoms with van der Waals surface area (Å²) in [5, 5.41) is 0. The molecule has 6 nitrogen and oxygen atoms in total. The highest BCUT2D eigenvalue weighted by atomic mass is 19.1. The van der Waals surface area contributed by atoms with Gasteiger partial charge in [0.1, 0.15) is 17.9 Å². The largest absolute Gasteiger partial charge is 0.496 e. The summed E-state index contributed by atoms with van der Waals surface area (Å²) in [5.41, 5.74) is 1.04. The molecule has 0 atom stereocenters. The summed E-state index contributed by atoms with van der Waals surface area (Å²) in [5.74, 6) is -1.63. The predicted octanol–water partition coefficient (Wildman–Crippen LogP) is 4.30. The van der Waals surface area contributed by atoms with E-state index in [0.717, 1.165) is 11.6 Å². The molecule has 0 heterocycles. The molecule has 160 valence electrons.